The number of amides is 1. The first-order valence-corrected chi connectivity index (χ1v) is 11.5. The second-order valence-corrected chi connectivity index (χ2v) is 7.99. The maximum atomic E-state index is 13.4. The SMILES string of the molecule is C=C/C=C\C(=C/C)N(CC(=O)N/C(C=C)=C/C=C\CC)S(=O)(=O)C(/C=C\C)=C/C=C\C. The molecule has 0 aromatic rings. The molecule has 5 nitrogen and oxygen atoms in total. The molecule has 0 aliphatic rings. The molecule has 0 aliphatic heterocycles. The van der Waals surface area contributed by atoms with Crippen LogP contribution in [0.3, 0.4) is 0 Å². The van der Waals surface area contributed by atoms with Crippen molar-refractivity contribution in [2.45, 2.75) is 34.1 Å². The number of allylic oxidation sites excluding steroid dienone is 13. The Kier molecular flexibility index (Phi) is 14.1. The van der Waals surface area contributed by atoms with Gasteiger partial charge in [-0.2, -0.15) is 0 Å². The third kappa shape index (κ3) is 9.96. The molecule has 0 heterocycles. The molecule has 0 spiro atoms. The summed E-state index contributed by atoms with van der Waals surface area (Å²) in [6.07, 6.45) is 22.2. The first-order chi connectivity index (χ1) is 14.8. The third-order valence-electron chi connectivity index (χ3n) is 3.80. The van der Waals surface area contributed by atoms with Crippen LogP contribution in [-0.4, -0.2) is 25.2 Å². The van der Waals surface area contributed by atoms with E-state index in [0.717, 1.165) is 10.7 Å². The highest BCUT2D eigenvalue weighted by Gasteiger charge is 2.28. The number of hydrogen-bond acceptors (Lipinski definition) is 3. The zero-order valence-corrected chi connectivity index (χ0v) is 19.7. The highest BCUT2D eigenvalue weighted by Crippen LogP contribution is 2.21. The fraction of sp³-hybridized carbons (Fsp3) is 0.240. The summed E-state index contributed by atoms with van der Waals surface area (Å²) in [5, 5.41) is 2.70. The van der Waals surface area contributed by atoms with Crippen molar-refractivity contribution >= 4 is 15.9 Å². The summed E-state index contributed by atoms with van der Waals surface area (Å²) in [7, 11) is -4.02. The van der Waals surface area contributed by atoms with Gasteiger partial charge in [0.25, 0.3) is 10.0 Å². The minimum atomic E-state index is -4.02. The topological polar surface area (TPSA) is 66.5 Å². The lowest BCUT2D eigenvalue weighted by atomic mass is 10.3. The second kappa shape index (κ2) is 15.7. The standard InChI is InChI=1S/C25H34N2O3S/c1-7-13-16-18-22(11-5)26-25(28)21-27(23(12-6)19-14-8-2)31(29,30)24(17-10-4)20-15-9-3/h8-20H,2,5,7,21H2,1,3-4,6H3,(H,26,28)/b15-9-,16-13-,17-10-,19-14-,22-18+,23-12+,24-20+. The summed E-state index contributed by atoms with van der Waals surface area (Å²) in [6, 6.07) is 0. The summed E-state index contributed by atoms with van der Waals surface area (Å²) < 4.78 is 27.9. The van der Waals surface area contributed by atoms with Crippen molar-refractivity contribution in [2.24, 2.45) is 0 Å². The van der Waals surface area contributed by atoms with Crippen molar-refractivity contribution in [2.75, 3.05) is 6.54 Å². The van der Waals surface area contributed by atoms with Gasteiger partial charge in [0.15, 0.2) is 0 Å². The Bertz CT molecular complexity index is 928. The molecule has 0 rings (SSSR count). The minimum absolute atomic E-state index is 0.0672. The van der Waals surface area contributed by atoms with Crippen molar-refractivity contribution < 1.29 is 13.2 Å². The lowest BCUT2D eigenvalue weighted by Gasteiger charge is -2.25. The second-order valence-electron chi connectivity index (χ2n) is 6.13. The molecule has 168 valence electrons. The molecule has 6 heteroatoms. The molecule has 1 amide bonds. The highest BCUT2D eigenvalue weighted by molar-refractivity contribution is 7.93. The Balaban J connectivity index is 6.24. The molecule has 1 N–H and O–H groups in total. The Morgan fingerprint density at radius 1 is 1.00 bits per heavy atom. The van der Waals surface area contributed by atoms with Crippen LogP contribution in [-0.2, 0) is 14.8 Å². The van der Waals surface area contributed by atoms with E-state index in [0.29, 0.717) is 11.4 Å². The maximum Gasteiger partial charge on any atom is 0.264 e. The fourth-order valence-corrected chi connectivity index (χ4v) is 3.86. The van der Waals surface area contributed by atoms with Crippen molar-refractivity contribution in [3.8, 4) is 0 Å². The van der Waals surface area contributed by atoms with Crippen molar-refractivity contribution in [1.29, 1.82) is 0 Å². The molecular formula is C25H34N2O3S. The Morgan fingerprint density at radius 2 is 1.71 bits per heavy atom. The number of rotatable bonds is 13. The number of hydrogen-bond donors (Lipinski definition) is 1. The summed E-state index contributed by atoms with van der Waals surface area (Å²) in [4.78, 5) is 12.8. The monoisotopic (exact) mass is 442 g/mol. The molecule has 0 aromatic heterocycles. The van der Waals surface area contributed by atoms with E-state index in [1.54, 1.807) is 69.4 Å². The molecule has 0 saturated carbocycles. The Labute approximate surface area is 188 Å². The predicted octanol–water partition coefficient (Wildman–Crippen LogP) is 5.45. The van der Waals surface area contributed by atoms with Crippen LogP contribution in [0.25, 0.3) is 0 Å². The van der Waals surface area contributed by atoms with Crippen LogP contribution in [0.15, 0.2) is 108 Å². The quantitative estimate of drug-likeness (QED) is 0.386. The van der Waals surface area contributed by atoms with E-state index in [1.165, 1.54) is 24.3 Å². The van der Waals surface area contributed by atoms with E-state index >= 15 is 0 Å². The molecule has 0 bridgehead atoms. The zero-order chi connectivity index (χ0) is 23.7. The van der Waals surface area contributed by atoms with Gasteiger partial charge >= 0.3 is 0 Å². The van der Waals surface area contributed by atoms with Gasteiger partial charge in [-0.3, -0.25) is 9.10 Å². The van der Waals surface area contributed by atoms with Crippen LogP contribution in [0.5, 0.6) is 0 Å². The van der Waals surface area contributed by atoms with E-state index in [1.807, 2.05) is 13.0 Å². The maximum absolute atomic E-state index is 13.4. The number of sulfonamides is 1. The van der Waals surface area contributed by atoms with Gasteiger partial charge in [0.1, 0.15) is 6.54 Å². The lowest BCUT2D eigenvalue weighted by molar-refractivity contribution is -0.120. The molecule has 0 radical (unpaired) electrons. The molecule has 0 unspecified atom stereocenters. The average molecular weight is 443 g/mol. The van der Waals surface area contributed by atoms with Gasteiger partial charge in [-0.05, 0) is 57.6 Å². The zero-order valence-electron chi connectivity index (χ0n) is 18.9. The van der Waals surface area contributed by atoms with E-state index in [9.17, 15) is 13.2 Å². The fourth-order valence-electron chi connectivity index (χ4n) is 2.31. The molecule has 0 saturated heterocycles. The number of nitrogens with zero attached hydrogens (tertiary/aromatic N) is 1. The lowest BCUT2D eigenvalue weighted by Crippen LogP contribution is -2.39. The summed E-state index contributed by atoms with van der Waals surface area (Å²) in [5.74, 6) is -0.489. The molecule has 0 atom stereocenters. The van der Waals surface area contributed by atoms with E-state index < -0.39 is 22.5 Å². The van der Waals surface area contributed by atoms with Crippen molar-refractivity contribution in [3.05, 3.63) is 108 Å². The smallest absolute Gasteiger partial charge is 0.264 e. The van der Waals surface area contributed by atoms with E-state index in [4.69, 9.17) is 0 Å². The number of carbonyl (C=O) groups excluding carboxylic acids is 1. The summed E-state index contributed by atoms with van der Waals surface area (Å²) >= 11 is 0. The van der Waals surface area contributed by atoms with Gasteiger partial charge in [-0.25, -0.2) is 8.42 Å². The number of nitrogens with one attached hydrogen (secondary N) is 1. The first-order valence-electron chi connectivity index (χ1n) is 10.0. The van der Waals surface area contributed by atoms with Crippen LogP contribution >= 0.6 is 0 Å². The van der Waals surface area contributed by atoms with Crippen LogP contribution in [0.2, 0.25) is 0 Å². The Morgan fingerprint density at radius 3 is 2.23 bits per heavy atom. The van der Waals surface area contributed by atoms with Gasteiger partial charge in [-0.1, -0.05) is 68.7 Å². The summed E-state index contributed by atoms with van der Waals surface area (Å²) in [5.41, 5.74) is 0.829. The van der Waals surface area contributed by atoms with Crippen LogP contribution in [0.1, 0.15) is 34.1 Å². The Hall–Kier alpha value is -3.12. The third-order valence-corrected chi connectivity index (χ3v) is 5.59. The van der Waals surface area contributed by atoms with Gasteiger partial charge in [0, 0.05) is 11.4 Å². The van der Waals surface area contributed by atoms with Crippen molar-refractivity contribution in [3.63, 3.8) is 0 Å². The predicted molar refractivity (Wildman–Crippen MR) is 132 cm³/mol. The van der Waals surface area contributed by atoms with Gasteiger partial charge in [0.2, 0.25) is 5.91 Å². The summed E-state index contributed by atoms with van der Waals surface area (Å²) in [6.45, 7) is 14.1. The van der Waals surface area contributed by atoms with Crippen LogP contribution in [0.4, 0.5) is 0 Å². The van der Waals surface area contributed by atoms with Gasteiger partial charge in [-0.15, -0.1) is 0 Å². The van der Waals surface area contributed by atoms with Crippen molar-refractivity contribution in [1.82, 2.24) is 9.62 Å². The average Bonchev–Trinajstić information content (AvgIpc) is 2.75. The first kappa shape index (κ1) is 27.9. The largest absolute Gasteiger partial charge is 0.325 e. The van der Waals surface area contributed by atoms with E-state index in [-0.39, 0.29) is 4.91 Å². The molecule has 0 fully saturated rings. The van der Waals surface area contributed by atoms with E-state index in [2.05, 4.69) is 18.5 Å². The molecule has 31 heavy (non-hydrogen) atoms. The van der Waals surface area contributed by atoms with Gasteiger partial charge < -0.3 is 5.32 Å². The van der Waals surface area contributed by atoms with Crippen LogP contribution < -0.4 is 5.32 Å². The molecular weight excluding hydrogens is 408 g/mol. The molecule has 0 aliphatic carbocycles. The molecule has 0 aromatic carbocycles. The van der Waals surface area contributed by atoms with Crippen LogP contribution in [0, 0.1) is 0 Å². The normalized spacial score (nSPS) is 14.1. The highest BCUT2D eigenvalue weighted by atomic mass is 32.2. The number of carbonyl (C=O) groups is 1. The minimum Gasteiger partial charge on any atom is -0.325 e. The van der Waals surface area contributed by atoms with Gasteiger partial charge in [0.05, 0.1) is 4.91 Å².